The maximum Gasteiger partial charge on any atom is 0.161 e. The topological polar surface area (TPSA) is 39.7 Å². The first kappa shape index (κ1) is 20.8. The molecule has 0 aliphatic heterocycles. The van der Waals surface area contributed by atoms with Crippen molar-refractivity contribution in [1.29, 1.82) is 0 Å². The minimum absolute atomic E-state index is 0.352. The smallest absolute Gasteiger partial charge is 0.161 e. The fourth-order valence-corrected chi connectivity index (χ4v) is 2.88. The Balaban J connectivity index is 1.98. The van der Waals surface area contributed by atoms with Crippen molar-refractivity contribution in [2.75, 3.05) is 26.9 Å². The molecule has 0 heterocycles. The number of rotatable bonds is 11. The molecule has 0 spiro atoms. The van der Waals surface area contributed by atoms with E-state index in [1.807, 2.05) is 31.2 Å². The zero-order valence-corrected chi connectivity index (χ0v) is 16.7. The highest BCUT2D eigenvalue weighted by Crippen LogP contribution is 2.30. The van der Waals surface area contributed by atoms with Crippen molar-refractivity contribution in [3.63, 3.8) is 0 Å². The summed E-state index contributed by atoms with van der Waals surface area (Å²) in [5.74, 6) is 1.43. The van der Waals surface area contributed by atoms with E-state index in [0.29, 0.717) is 29.0 Å². The first-order valence-corrected chi connectivity index (χ1v) is 9.41. The predicted molar refractivity (Wildman–Crippen MR) is 107 cm³/mol. The lowest BCUT2D eigenvalue weighted by atomic mass is 10.2. The molecule has 142 valence electrons. The van der Waals surface area contributed by atoms with Gasteiger partial charge in [-0.25, -0.2) is 0 Å². The highest BCUT2D eigenvalue weighted by Gasteiger charge is 2.09. The van der Waals surface area contributed by atoms with Gasteiger partial charge in [-0.1, -0.05) is 35.3 Å². The molecule has 0 saturated carbocycles. The van der Waals surface area contributed by atoms with Gasteiger partial charge < -0.3 is 19.5 Å². The lowest BCUT2D eigenvalue weighted by Crippen LogP contribution is -2.16. The fraction of sp³-hybridized carbons (Fsp3) is 0.400. The molecule has 2 aromatic carbocycles. The maximum absolute atomic E-state index is 6.20. The first-order chi connectivity index (χ1) is 12.6. The van der Waals surface area contributed by atoms with Crippen molar-refractivity contribution in [3.8, 4) is 11.5 Å². The summed E-state index contributed by atoms with van der Waals surface area (Å²) in [6, 6.07) is 11.3. The summed E-state index contributed by atoms with van der Waals surface area (Å²) in [4.78, 5) is 0. The van der Waals surface area contributed by atoms with E-state index in [0.717, 1.165) is 43.0 Å². The Morgan fingerprint density at radius 1 is 1.00 bits per heavy atom. The van der Waals surface area contributed by atoms with Gasteiger partial charge in [-0.2, -0.15) is 0 Å². The molecule has 0 atom stereocenters. The van der Waals surface area contributed by atoms with E-state index in [9.17, 15) is 0 Å². The summed E-state index contributed by atoms with van der Waals surface area (Å²) in [6.07, 6.45) is 0.984. The molecule has 0 radical (unpaired) electrons. The zero-order valence-electron chi connectivity index (χ0n) is 15.2. The van der Waals surface area contributed by atoms with Crippen molar-refractivity contribution < 1.29 is 14.2 Å². The van der Waals surface area contributed by atoms with Crippen LogP contribution in [0.15, 0.2) is 36.4 Å². The number of nitrogens with one attached hydrogen (secondary N) is 1. The SMILES string of the molecule is CCOc1cc(CNCCCOC)ccc1OCc1ccc(Cl)cc1Cl. The number of ether oxygens (including phenoxy) is 3. The van der Waals surface area contributed by atoms with Crippen molar-refractivity contribution in [3.05, 3.63) is 57.6 Å². The molecule has 0 amide bonds. The van der Waals surface area contributed by atoms with Crippen LogP contribution in [0.25, 0.3) is 0 Å². The molecule has 2 rings (SSSR count). The van der Waals surface area contributed by atoms with E-state index in [1.54, 1.807) is 19.2 Å². The van der Waals surface area contributed by atoms with Gasteiger partial charge in [0.15, 0.2) is 11.5 Å². The largest absolute Gasteiger partial charge is 0.490 e. The number of methoxy groups -OCH3 is 1. The first-order valence-electron chi connectivity index (χ1n) is 8.66. The molecule has 0 aromatic heterocycles. The van der Waals surface area contributed by atoms with Gasteiger partial charge in [-0.15, -0.1) is 0 Å². The van der Waals surface area contributed by atoms with E-state index in [2.05, 4.69) is 5.32 Å². The van der Waals surface area contributed by atoms with Crippen LogP contribution in [0.2, 0.25) is 10.0 Å². The average molecular weight is 398 g/mol. The summed E-state index contributed by atoms with van der Waals surface area (Å²) in [5.41, 5.74) is 2.02. The Kier molecular flexibility index (Phi) is 9.06. The molecular weight excluding hydrogens is 373 g/mol. The monoisotopic (exact) mass is 397 g/mol. The van der Waals surface area contributed by atoms with Crippen LogP contribution in [0.4, 0.5) is 0 Å². The zero-order chi connectivity index (χ0) is 18.8. The van der Waals surface area contributed by atoms with Gasteiger partial charge in [0.2, 0.25) is 0 Å². The molecule has 6 heteroatoms. The van der Waals surface area contributed by atoms with Gasteiger partial charge in [0.05, 0.1) is 6.61 Å². The van der Waals surface area contributed by atoms with E-state index in [4.69, 9.17) is 37.4 Å². The van der Waals surface area contributed by atoms with Crippen LogP contribution >= 0.6 is 23.2 Å². The fourth-order valence-electron chi connectivity index (χ4n) is 2.42. The molecule has 26 heavy (non-hydrogen) atoms. The highest BCUT2D eigenvalue weighted by atomic mass is 35.5. The molecule has 0 aliphatic rings. The molecular formula is C20H25Cl2NO3. The van der Waals surface area contributed by atoms with Crippen molar-refractivity contribution >= 4 is 23.2 Å². The third-order valence-corrected chi connectivity index (χ3v) is 4.32. The summed E-state index contributed by atoms with van der Waals surface area (Å²) in [7, 11) is 1.71. The average Bonchev–Trinajstić information content (AvgIpc) is 2.62. The minimum atomic E-state index is 0.352. The Morgan fingerprint density at radius 2 is 1.85 bits per heavy atom. The van der Waals surface area contributed by atoms with Gasteiger partial charge in [0.1, 0.15) is 6.61 Å². The van der Waals surface area contributed by atoms with Gasteiger partial charge in [-0.3, -0.25) is 0 Å². The quantitative estimate of drug-likeness (QED) is 0.535. The molecule has 0 fully saturated rings. The lowest BCUT2D eigenvalue weighted by Gasteiger charge is -2.14. The number of halogens is 2. The van der Waals surface area contributed by atoms with Gasteiger partial charge in [-0.05, 0) is 49.7 Å². The second-order valence-corrected chi connectivity index (χ2v) is 6.61. The summed E-state index contributed by atoms with van der Waals surface area (Å²) in [6.45, 7) is 5.32. The third kappa shape index (κ3) is 6.69. The summed E-state index contributed by atoms with van der Waals surface area (Å²) >= 11 is 12.1. The normalized spacial score (nSPS) is 10.8. The molecule has 1 N–H and O–H groups in total. The predicted octanol–water partition coefficient (Wildman–Crippen LogP) is 5.10. The second kappa shape index (κ2) is 11.3. The van der Waals surface area contributed by atoms with Crippen molar-refractivity contribution in [1.82, 2.24) is 5.32 Å². The van der Waals surface area contributed by atoms with Crippen LogP contribution in [0, 0.1) is 0 Å². The highest BCUT2D eigenvalue weighted by molar-refractivity contribution is 6.35. The van der Waals surface area contributed by atoms with Gasteiger partial charge in [0, 0.05) is 35.9 Å². The molecule has 0 saturated heterocycles. The summed E-state index contributed by atoms with van der Waals surface area (Å²) in [5, 5.41) is 4.59. The van der Waals surface area contributed by atoms with Gasteiger partial charge in [0.25, 0.3) is 0 Å². The molecule has 0 bridgehead atoms. The minimum Gasteiger partial charge on any atom is -0.490 e. The van der Waals surface area contributed by atoms with Crippen molar-refractivity contribution in [2.45, 2.75) is 26.5 Å². The Morgan fingerprint density at radius 3 is 2.58 bits per heavy atom. The van der Waals surface area contributed by atoms with Crippen LogP contribution < -0.4 is 14.8 Å². The Labute approximate surface area is 165 Å². The van der Waals surface area contributed by atoms with E-state index in [1.165, 1.54) is 0 Å². The second-order valence-electron chi connectivity index (χ2n) is 5.76. The molecule has 0 aliphatic carbocycles. The maximum atomic E-state index is 6.20. The lowest BCUT2D eigenvalue weighted by molar-refractivity contribution is 0.194. The van der Waals surface area contributed by atoms with Crippen LogP contribution in [-0.2, 0) is 17.9 Å². The van der Waals surface area contributed by atoms with E-state index in [-0.39, 0.29) is 0 Å². The molecule has 0 unspecified atom stereocenters. The number of benzene rings is 2. The standard InChI is InChI=1S/C20H25Cl2NO3/c1-3-25-20-11-15(13-23-9-4-10-24-2)5-8-19(20)26-14-16-6-7-17(21)12-18(16)22/h5-8,11-12,23H,3-4,9-10,13-14H2,1-2H3. The van der Waals surface area contributed by atoms with E-state index < -0.39 is 0 Å². The van der Waals surface area contributed by atoms with Crippen molar-refractivity contribution in [2.24, 2.45) is 0 Å². The van der Waals surface area contributed by atoms with Crippen LogP contribution in [0.3, 0.4) is 0 Å². The summed E-state index contributed by atoms with van der Waals surface area (Å²) < 4.78 is 16.7. The number of hydrogen-bond donors (Lipinski definition) is 1. The van der Waals surface area contributed by atoms with Crippen LogP contribution in [0.1, 0.15) is 24.5 Å². The molecule has 4 nitrogen and oxygen atoms in total. The van der Waals surface area contributed by atoms with Crippen LogP contribution in [-0.4, -0.2) is 26.9 Å². The number of hydrogen-bond acceptors (Lipinski definition) is 4. The van der Waals surface area contributed by atoms with Gasteiger partial charge >= 0.3 is 0 Å². The Bertz CT molecular complexity index is 695. The van der Waals surface area contributed by atoms with E-state index >= 15 is 0 Å². The van der Waals surface area contributed by atoms with Crippen LogP contribution in [0.5, 0.6) is 11.5 Å². The third-order valence-electron chi connectivity index (χ3n) is 3.74. The molecule has 2 aromatic rings. The Hall–Kier alpha value is -1.46.